The first kappa shape index (κ1) is 10.8. The maximum absolute atomic E-state index is 6.11. The summed E-state index contributed by atoms with van der Waals surface area (Å²) >= 11 is 6.11. The summed E-state index contributed by atoms with van der Waals surface area (Å²) in [6, 6.07) is 14.2. The second kappa shape index (κ2) is 3.97. The summed E-state index contributed by atoms with van der Waals surface area (Å²) in [5.74, 6) is 0. The quantitative estimate of drug-likeness (QED) is 0.608. The van der Waals surface area contributed by atoms with Gasteiger partial charge in [-0.15, -0.1) is 0 Å². The van der Waals surface area contributed by atoms with Crippen LogP contribution in [-0.4, -0.2) is 11.2 Å². The van der Waals surface area contributed by atoms with Crippen molar-refractivity contribution < 1.29 is 0 Å². The first-order chi connectivity index (χ1) is 9.33. The van der Waals surface area contributed by atoms with Crippen LogP contribution < -0.4 is 0 Å². The van der Waals surface area contributed by atoms with Gasteiger partial charge in [-0.3, -0.25) is 4.99 Å². The average Bonchev–Trinajstić information content (AvgIpc) is 2.67. The monoisotopic (exact) mass is 266 g/mol. The number of H-pyrrole nitrogens is 1. The van der Waals surface area contributed by atoms with Crippen molar-refractivity contribution in [2.45, 2.75) is 6.42 Å². The van der Waals surface area contributed by atoms with Crippen molar-refractivity contribution in [3.63, 3.8) is 0 Å². The van der Waals surface area contributed by atoms with Gasteiger partial charge < -0.3 is 4.98 Å². The number of halogens is 1. The summed E-state index contributed by atoms with van der Waals surface area (Å²) in [5, 5.41) is 1.95. The zero-order valence-electron chi connectivity index (χ0n) is 10.2. The van der Waals surface area contributed by atoms with Gasteiger partial charge in [-0.1, -0.05) is 29.8 Å². The van der Waals surface area contributed by atoms with Crippen LogP contribution in [0.2, 0.25) is 5.02 Å². The minimum atomic E-state index is 0.767. The molecule has 0 atom stereocenters. The summed E-state index contributed by atoms with van der Waals surface area (Å²) < 4.78 is 0. The lowest BCUT2D eigenvalue weighted by atomic mass is 10.0. The Bertz CT molecular complexity index is 815. The zero-order chi connectivity index (χ0) is 12.8. The van der Waals surface area contributed by atoms with E-state index in [1.54, 1.807) is 0 Å². The zero-order valence-corrected chi connectivity index (χ0v) is 10.9. The topological polar surface area (TPSA) is 28.1 Å². The minimum Gasteiger partial charge on any atom is -0.354 e. The third-order valence-corrected chi connectivity index (χ3v) is 3.80. The number of para-hydroxylation sites is 1. The van der Waals surface area contributed by atoms with E-state index in [4.69, 9.17) is 11.6 Å². The molecule has 0 aliphatic carbocycles. The Kier molecular flexibility index (Phi) is 2.26. The van der Waals surface area contributed by atoms with E-state index in [0.29, 0.717) is 0 Å². The standard InChI is InChI=1S/C16H11ClN2/c17-10-5-6-15-13(9-10)11-7-8-18-14-4-2-1-3-12(14)16(11)19-15/h1-6,8-9,19H,7H2. The van der Waals surface area contributed by atoms with Gasteiger partial charge in [0.25, 0.3) is 0 Å². The lowest BCUT2D eigenvalue weighted by Crippen LogP contribution is -1.85. The molecule has 2 heterocycles. The lowest BCUT2D eigenvalue weighted by molar-refractivity contribution is 1.38. The fourth-order valence-corrected chi connectivity index (χ4v) is 2.87. The number of nitrogens with one attached hydrogen (secondary N) is 1. The number of hydrogen-bond acceptors (Lipinski definition) is 1. The molecule has 0 amide bonds. The van der Waals surface area contributed by atoms with Crippen molar-refractivity contribution in [1.29, 1.82) is 0 Å². The van der Waals surface area contributed by atoms with Gasteiger partial charge in [-0.25, -0.2) is 0 Å². The molecule has 3 aromatic rings. The van der Waals surface area contributed by atoms with Crippen LogP contribution in [0.25, 0.3) is 22.2 Å². The van der Waals surface area contributed by atoms with Gasteiger partial charge in [-0.05, 0) is 29.8 Å². The van der Waals surface area contributed by atoms with Crippen molar-refractivity contribution in [3.05, 3.63) is 53.1 Å². The highest BCUT2D eigenvalue weighted by atomic mass is 35.5. The SMILES string of the molecule is Clc1ccc2[nH]c3c(c2c1)CC=Nc1ccccc1-3. The van der Waals surface area contributed by atoms with Crippen LogP contribution in [0.3, 0.4) is 0 Å². The van der Waals surface area contributed by atoms with Crippen molar-refractivity contribution in [2.75, 3.05) is 0 Å². The van der Waals surface area contributed by atoms with E-state index < -0.39 is 0 Å². The number of hydrogen-bond donors (Lipinski definition) is 1. The molecule has 0 fully saturated rings. The molecule has 0 unspecified atom stereocenters. The molecule has 0 spiro atoms. The molecule has 19 heavy (non-hydrogen) atoms. The van der Waals surface area contributed by atoms with Gasteiger partial charge in [0.2, 0.25) is 0 Å². The van der Waals surface area contributed by atoms with E-state index >= 15 is 0 Å². The molecule has 0 saturated carbocycles. The maximum Gasteiger partial charge on any atom is 0.0719 e. The number of rotatable bonds is 0. The minimum absolute atomic E-state index is 0.767. The molecule has 92 valence electrons. The van der Waals surface area contributed by atoms with E-state index in [1.165, 1.54) is 10.9 Å². The van der Waals surface area contributed by atoms with E-state index in [9.17, 15) is 0 Å². The van der Waals surface area contributed by atoms with Crippen molar-refractivity contribution in [2.24, 2.45) is 4.99 Å². The Labute approximate surface area is 115 Å². The summed E-state index contributed by atoms with van der Waals surface area (Å²) in [7, 11) is 0. The Morgan fingerprint density at radius 2 is 2.00 bits per heavy atom. The number of fused-ring (bicyclic) bond motifs is 5. The molecule has 0 saturated heterocycles. The van der Waals surface area contributed by atoms with Crippen LogP contribution >= 0.6 is 11.6 Å². The molecule has 3 heteroatoms. The second-order valence-electron chi connectivity index (χ2n) is 4.70. The van der Waals surface area contributed by atoms with Crippen molar-refractivity contribution in [1.82, 2.24) is 4.98 Å². The third kappa shape index (κ3) is 1.60. The van der Waals surface area contributed by atoms with Crippen molar-refractivity contribution in [3.8, 4) is 11.3 Å². The molecule has 1 aromatic heterocycles. The van der Waals surface area contributed by atoms with E-state index in [1.807, 2.05) is 42.6 Å². The average molecular weight is 267 g/mol. The first-order valence-corrected chi connectivity index (χ1v) is 6.63. The highest BCUT2D eigenvalue weighted by Crippen LogP contribution is 2.38. The van der Waals surface area contributed by atoms with Crippen LogP contribution in [0, 0.1) is 0 Å². The highest BCUT2D eigenvalue weighted by Gasteiger charge is 2.17. The first-order valence-electron chi connectivity index (χ1n) is 6.25. The fraction of sp³-hybridized carbons (Fsp3) is 0.0625. The molecular weight excluding hydrogens is 256 g/mol. The van der Waals surface area contributed by atoms with Crippen LogP contribution in [0.15, 0.2) is 47.5 Å². The van der Waals surface area contributed by atoms with Crippen molar-refractivity contribution >= 4 is 34.4 Å². The molecule has 0 bridgehead atoms. The van der Waals surface area contributed by atoms with Gasteiger partial charge in [-0.2, -0.15) is 0 Å². The molecular formula is C16H11ClN2. The molecule has 2 nitrogen and oxygen atoms in total. The summed E-state index contributed by atoms with van der Waals surface area (Å²) in [6.45, 7) is 0. The number of aliphatic imine (C=N–C) groups is 1. The predicted octanol–water partition coefficient (Wildman–Crippen LogP) is 4.75. The Hall–Kier alpha value is -2.06. The van der Waals surface area contributed by atoms with Crippen LogP contribution in [0.1, 0.15) is 5.56 Å². The Balaban J connectivity index is 2.11. The second-order valence-corrected chi connectivity index (χ2v) is 5.14. The third-order valence-electron chi connectivity index (χ3n) is 3.57. The van der Waals surface area contributed by atoms with Gasteiger partial charge in [0, 0.05) is 34.1 Å². The highest BCUT2D eigenvalue weighted by molar-refractivity contribution is 6.31. The van der Waals surface area contributed by atoms with Gasteiger partial charge in [0.15, 0.2) is 0 Å². The number of nitrogens with zero attached hydrogens (tertiary/aromatic N) is 1. The Morgan fingerprint density at radius 3 is 2.95 bits per heavy atom. The maximum atomic E-state index is 6.11. The largest absolute Gasteiger partial charge is 0.354 e. The van der Waals surface area contributed by atoms with Gasteiger partial charge in [0.05, 0.1) is 11.4 Å². The van der Waals surface area contributed by atoms with E-state index in [-0.39, 0.29) is 0 Å². The van der Waals surface area contributed by atoms with Crippen LogP contribution in [0.5, 0.6) is 0 Å². The van der Waals surface area contributed by atoms with Crippen LogP contribution in [-0.2, 0) is 6.42 Å². The lowest BCUT2D eigenvalue weighted by Gasteiger charge is -2.02. The molecule has 2 aromatic carbocycles. The Morgan fingerprint density at radius 1 is 1.11 bits per heavy atom. The number of aromatic amines is 1. The van der Waals surface area contributed by atoms with Gasteiger partial charge >= 0.3 is 0 Å². The predicted molar refractivity (Wildman–Crippen MR) is 80.6 cm³/mol. The molecule has 1 aliphatic rings. The summed E-state index contributed by atoms with van der Waals surface area (Å²) in [5.41, 5.74) is 5.72. The molecule has 1 N–H and O–H groups in total. The smallest absolute Gasteiger partial charge is 0.0719 e. The molecule has 0 radical (unpaired) electrons. The van der Waals surface area contributed by atoms with Crippen LogP contribution in [0.4, 0.5) is 5.69 Å². The fourth-order valence-electron chi connectivity index (χ4n) is 2.69. The van der Waals surface area contributed by atoms with E-state index in [0.717, 1.165) is 33.9 Å². The van der Waals surface area contributed by atoms with Gasteiger partial charge in [0.1, 0.15) is 0 Å². The normalized spacial score (nSPS) is 13.1. The summed E-state index contributed by atoms with van der Waals surface area (Å²) in [4.78, 5) is 8.03. The number of aromatic nitrogens is 1. The summed E-state index contributed by atoms with van der Waals surface area (Å²) in [6.07, 6.45) is 2.79. The molecule has 1 aliphatic heterocycles. The van der Waals surface area contributed by atoms with E-state index in [2.05, 4.69) is 16.0 Å². The number of benzene rings is 2. The molecule has 4 rings (SSSR count).